The molecule has 3 amide bonds. The van der Waals surface area contributed by atoms with Crippen LogP contribution in [0.5, 0.6) is 0 Å². The number of benzene rings is 2. The van der Waals surface area contributed by atoms with Crippen molar-refractivity contribution in [2.24, 2.45) is 0 Å². The van der Waals surface area contributed by atoms with Crippen LogP contribution in [0.3, 0.4) is 0 Å². The molecule has 3 aromatic rings. The lowest BCUT2D eigenvalue weighted by Gasteiger charge is -2.27. The van der Waals surface area contributed by atoms with E-state index >= 15 is 0 Å². The zero-order valence-electron chi connectivity index (χ0n) is 21.4. The van der Waals surface area contributed by atoms with Gasteiger partial charge in [-0.2, -0.15) is 26.3 Å². The number of ether oxygens (including phenoxy) is 2. The molecule has 1 unspecified atom stereocenters. The van der Waals surface area contributed by atoms with Crippen LogP contribution in [-0.4, -0.2) is 56.9 Å². The van der Waals surface area contributed by atoms with Gasteiger partial charge in [-0.1, -0.05) is 0 Å². The molecule has 8 nitrogen and oxygen atoms in total. The van der Waals surface area contributed by atoms with Gasteiger partial charge in [-0.05, 0) is 60.2 Å². The van der Waals surface area contributed by atoms with Crippen LogP contribution in [-0.2, 0) is 26.6 Å². The fourth-order valence-corrected chi connectivity index (χ4v) is 5.36. The van der Waals surface area contributed by atoms with Crippen molar-refractivity contribution < 1.29 is 50.2 Å². The van der Waals surface area contributed by atoms with Gasteiger partial charge in [0.05, 0.1) is 35.7 Å². The van der Waals surface area contributed by atoms with Gasteiger partial charge in [0, 0.05) is 22.8 Å². The van der Waals surface area contributed by atoms with E-state index in [1.54, 1.807) is 29.2 Å². The highest BCUT2D eigenvalue weighted by Gasteiger charge is 2.37. The standard InChI is InChI=1S/C27H21F6N3O5S/c28-26(29,30)16-9-15(10-17(11-16)27(31,32)33)21-5-6-22(42-21)24(38)34-12-20-13-36(25(39)41-20)19-3-1-18(2-4-19)35-7-8-40-14-23(35)37/h1-6,9-11,20H,7-8,12-14H2,(H,34,38). The summed E-state index contributed by atoms with van der Waals surface area (Å²) < 4.78 is 89.8. The summed E-state index contributed by atoms with van der Waals surface area (Å²) in [5.74, 6) is -0.813. The molecule has 0 bridgehead atoms. The van der Waals surface area contributed by atoms with E-state index in [1.807, 2.05) is 0 Å². The number of nitrogens with zero attached hydrogens (tertiary/aromatic N) is 2. The second kappa shape index (κ2) is 11.3. The van der Waals surface area contributed by atoms with Crippen molar-refractivity contribution in [3.8, 4) is 10.4 Å². The molecule has 1 N–H and O–H groups in total. The third-order valence-corrected chi connectivity index (χ3v) is 7.66. The van der Waals surface area contributed by atoms with E-state index in [2.05, 4.69) is 5.32 Å². The van der Waals surface area contributed by atoms with Gasteiger partial charge in [0.15, 0.2) is 0 Å². The number of anilines is 2. The number of alkyl halides is 6. The smallest absolute Gasteiger partial charge is 0.416 e. The van der Waals surface area contributed by atoms with Crippen LogP contribution in [0.4, 0.5) is 42.5 Å². The van der Waals surface area contributed by atoms with Gasteiger partial charge in [0.1, 0.15) is 12.7 Å². The predicted octanol–water partition coefficient (Wildman–Crippen LogP) is 5.57. The predicted molar refractivity (Wildman–Crippen MR) is 139 cm³/mol. The fourth-order valence-electron chi connectivity index (χ4n) is 4.45. The van der Waals surface area contributed by atoms with E-state index in [0.29, 0.717) is 36.7 Å². The number of amides is 3. The maximum atomic E-state index is 13.2. The highest BCUT2D eigenvalue weighted by molar-refractivity contribution is 7.17. The van der Waals surface area contributed by atoms with Crippen LogP contribution in [0.1, 0.15) is 20.8 Å². The van der Waals surface area contributed by atoms with Crippen molar-refractivity contribution in [2.45, 2.75) is 18.5 Å². The van der Waals surface area contributed by atoms with E-state index in [4.69, 9.17) is 9.47 Å². The zero-order chi connectivity index (χ0) is 30.2. The van der Waals surface area contributed by atoms with Gasteiger partial charge in [0.25, 0.3) is 11.8 Å². The number of hydrogen-bond acceptors (Lipinski definition) is 6. The zero-order valence-corrected chi connectivity index (χ0v) is 22.2. The lowest BCUT2D eigenvalue weighted by molar-refractivity contribution is -0.143. The molecule has 15 heteroatoms. The SMILES string of the molecule is O=C(NCC1CN(c2ccc(N3CCOCC3=O)cc2)C(=O)O1)c1ccc(-c2cc(C(F)(F)F)cc(C(F)(F)F)c2)s1. The Morgan fingerprint density at radius 1 is 0.905 bits per heavy atom. The van der Waals surface area contributed by atoms with E-state index in [1.165, 1.54) is 17.0 Å². The Kier molecular flexibility index (Phi) is 7.90. The molecule has 1 atom stereocenters. The molecule has 0 aliphatic carbocycles. The minimum absolute atomic E-state index is 0.00930. The van der Waals surface area contributed by atoms with Crippen molar-refractivity contribution in [3.05, 3.63) is 70.6 Å². The molecule has 0 spiro atoms. The quantitative estimate of drug-likeness (QED) is 0.368. The molecule has 0 radical (unpaired) electrons. The highest BCUT2D eigenvalue weighted by Crippen LogP contribution is 2.40. The van der Waals surface area contributed by atoms with E-state index < -0.39 is 41.6 Å². The van der Waals surface area contributed by atoms with Crippen molar-refractivity contribution in [2.75, 3.05) is 42.6 Å². The molecule has 42 heavy (non-hydrogen) atoms. The van der Waals surface area contributed by atoms with Gasteiger partial charge < -0.3 is 19.7 Å². The maximum absolute atomic E-state index is 13.2. The Bertz CT molecular complexity index is 1470. The Morgan fingerprint density at radius 2 is 1.52 bits per heavy atom. The van der Waals surface area contributed by atoms with E-state index in [0.717, 1.165) is 11.3 Å². The van der Waals surface area contributed by atoms with Crippen LogP contribution in [0.2, 0.25) is 0 Å². The summed E-state index contributed by atoms with van der Waals surface area (Å²) in [6.07, 6.45) is -11.4. The first-order valence-electron chi connectivity index (χ1n) is 12.4. The molecule has 2 aromatic carbocycles. The molecular formula is C27H21F6N3O5S. The average molecular weight is 614 g/mol. The van der Waals surface area contributed by atoms with Crippen LogP contribution >= 0.6 is 11.3 Å². The first-order chi connectivity index (χ1) is 19.8. The fraction of sp³-hybridized carbons (Fsp3) is 0.296. The number of cyclic esters (lactones) is 1. The molecule has 2 aliphatic rings. The second-order valence-corrected chi connectivity index (χ2v) is 10.5. The number of carbonyl (C=O) groups is 3. The molecule has 2 fully saturated rings. The van der Waals surface area contributed by atoms with Crippen molar-refractivity contribution in [3.63, 3.8) is 0 Å². The molecular weight excluding hydrogens is 592 g/mol. The molecule has 2 saturated heterocycles. The summed E-state index contributed by atoms with van der Waals surface area (Å²) >= 11 is 0.726. The Hall–Kier alpha value is -4.11. The summed E-state index contributed by atoms with van der Waals surface area (Å²) in [7, 11) is 0. The minimum Gasteiger partial charge on any atom is -0.442 e. The normalized spacial score (nSPS) is 17.9. The molecule has 222 valence electrons. The number of hydrogen-bond donors (Lipinski definition) is 1. The monoisotopic (exact) mass is 613 g/mol. The summed E-state index contributed by atoms with van der Waals surface area (Å²) in [5.41, 5.74) is -2.07. The molecule has 1 aromatic heterocycles. The van der Waals surface area contributed by atoms with Crippen LogP contribution in [0, 0.1) is 0 Å². The number of morpholine rings is 1. The first-order valence-corrected chi connectivity index (χ1v) is 13.3. The summed E-state index contributed by atoms with van der Waals surface area (Å²) in [6.45, 7) is 0.832. The molecule has 3 heterocycles. The largest absolute Gasteiger partial charge is 0.442 e. The Labute approximate surface area is 238 Å². The van der Waals surface area contributed by atoms with Crippen molar-refractivity contribution in [1.29, 1.82) is 0 Å². The van der Waals surface area contributed by atoms with E-state index in [-0.39, 0.29) is 47.0 Å². The number of halogens is 6. The highest BCUT2D eigenvalue weighted by atomic mass is 32.1. The van der Waals surface area contributed by atoms with Gasteiger partial charge in [-0.15, -0.1) is 11.3 Å². The average Bonchev–Trinajstić information content (AvgIpc) is 3.58. The molecule has 0 saturated carbocycles. The van der Waals surface area contributed by atoms with E-state index in [9.17, 15) is 40.7 Å². The Morgan fingerprint density at radius 3 is 2.12 bits per heavy atom. The van der Waals surface area contributed by atoms with Crippen molar-refractivity contribution in [1.82, 2.24) is 5.32 Å². The lowest BCUT2D eigenvalue weighted by Crippen LogP contribution is -2.41. The van der Waals surface area contributed by atoms with Crippen LogP contribution in [0.15, 0.2) is 54.6 Å². The number of thiophene rings is 1. The third-order valence-electron chi connectivity index (χ3n) is 6.53. The maximum Gasteiger partial charge on any atom is 0.416 e. The summed E-state index contributed by atoms with van der Waals surface area (Å²) in [4.78, 5) is 40.2. The second-order valence-electron chi connectivity index (χ2n) is 9.40. The molecule has 2 aliphatic heterocycles. The minimum atomic E-state index is -5.00. The van der Waals surface area contributed by atoms with Gasteiger partial charge in [0.2, 0.25) is 0 Å². The van der Waals surface area contributed by atoms with Gasteiger partial charge >= 0.3 is 18.4 Å². The van der Waals surface area contributed by atoms with Gasteiger partial charge in [-0.25, -0.2) is 4.79 Å². The van der Waals surface area contributed by atoms with Gasteiger partial charge in [-0.3, -0.25) is 14.5 Å². The summed E-state index contributed by atoms with van der Waals surface area (Å²) in [5, 5.41) is 2.58. The Balaban J connectivity index is 1.21. The number of carbonyl (C=O) groups excluding carboxylic acids is 3. The number of nitrogens with one attached hydrogen (secondary N) is 1. The van der Waals surface area contributed by atoms with Crippen molar-refractivity contribution >= 4 is 40.6 Å². The van der Waals surface area contributed by atoms with Crippen LogP contribution < -0.4 is 15.1 Å². The lowest BCUT2D eigenvalue weighted by atomic mass is 10.0. The topological polar surface area (TPSA) is 88.2 Å². The third kappa shape index (κ3) is 6.36. The molecule has 5 rings (SSSR count). The summed E-state index contributed by atoms with van der Waals surface area (Å²) in [6, 6.07) is 10.5. The van der Waals surface area contributed by atoms with Crippen LogP contribution in [0.25, 0.3) is 10.4 Å². The first kappa shape index (κ1) is 29.4. The number of rotatable bonds is 6.